The Morgan fingerprint density at radius 3 is 2.45 bits per heavy atom. The number of urea groups is 1. The molecule has 0 saturated carbocycles. The molecule has 3 aromatic carbocycles. The Labute approximate surface area is 250 Å². The van der Waals surface area contributed by atoms with Crippen LogP contribution in [0, 0.1) is 5.92 Å². The highest BCUT2D eigenvalue weighted by molar-refractivity contribution is 7.99. The summed E-state index contributed by atoms with van der Waals surface area (Å²) in [7, 11) is 1.93. The first-order valence-corrected chi connectivity index (χ1v) is 15.1. The topological polar surface area (TPSA) is 111 Å². The van der Waals surface area contributed by atoms with Gasteiger partial charge in [0.25, 0.3) is 0 Å². The third kappa shape index (κ3) is 7.19. The van der Waals surface area contributed by atoms with Gasteiger partial charge in [0.15, 0.2) is 11.4 Å². The summed E-state index contributed by atoms with van der Waals surface area (Å²) >= 11 is 1.62. The van der Waals surface area contributed by atoms with E-state index in [9.17, 15) is 9.90 Å². The SMILES string of the molecule is CCNC(=O)NCc1cccc(-c2cccc(C3OC(CSc4nncn4C)C(C)C(c4ccc(CO)cc4)O3)c2)c1. The van der Waals surface area contributed by atoms with Crippen molar-refractivity contribution in [2.24, 2.45) is 13.0 Å². The minimum atomic E-state index is -0.573. The highest BCUT2D eigenvalue weighted by atomic mass is 32.2. The van der Waals surface area contributed by atoms with Gasteiger partial charge in [-0.1, -0.05) is 79.3 Å². The first kappa shape index (κ1) is 29.8. The molecule has 2 amide bonds. The summed E-state index contributed by atoms with van der Waals surface area (Å²) in [5.41, 5.74) is 5.92. The molecule has 42 heavy (non-hydrogen) atoms. The average Bonchev–Trinajstić information content (AvgIpc) is 3.44. The molecule has 0 bridgehead atoms. The van der Waals surface area contributed by atoms with Gasteiger partial charge in [-0.05, 0) is 46.9 Å². The Balaban J connectivity index is 1.39. The van der Waals surface area contributed by atoms with Crippen LogP contribution in [-0.4, -0.2) is 44.3 Å². The number of ether oxygens (including phenoxy) is 2. The van der Waals surface area contributed by atoms with Crippen molar-refractivity contribution in [3.63, 3.8) is 0 Å². The van der Waals surface area contributed by atoms with Crippen molar-refractivity contribution in [1.29, 1.82) is 0 Å². The van der Waals surface area contributed by atoms with E-state index in [4.69, 9.17) is 9.47 Å². The zero-order valence-electron chi connectivity index (χ0n) is 24.1. The maximum Gasteiger partial charge on any atom is 0.315 e. The number of thioether (sulfide) groups is 1. The predicted octanol–water partition coefficient (Wildman–Crippen LogP) is 5.38. The second-order valence-corrected chi connectivity index (χ2v) is 11.4. The van der Waals surface area contributed by atoms with E-state index < -0.39 is 6.29 Å². The largest absolute Gasteiger partial charge is 0.392 e. The molecule has 2 heterocycles. The predicted molar refractivity (Wildman–Crippen MR) is 162 cm³/mol. The average molecular weight is 588 g/mol. The summed E-state index contributed by atoms with van der Waals surface area (Å²) in [5.74, 6) is 0.762. The maximum atomic E-state index is 11.9. The summed E-state index contributed by atoms with van der Waals surface area (Å²) in [6, 6.07) is 24.1. The zero-order valence-corrected chi connectivity index (χ0v) is 24.9. The molecule has 0 radical (unpaired) electrons. The normalized spacial score (nSPS) is 20.3. The van der Waals surface area contributed by atoms with Gasteiger partial charge in [0.05, 0.1) is 18.8 Å². The number of nitrogens with zero attached hydrogens (tertiary/aromatic N) is 3. The van der Waals surface area contributed by atoms with Crippen LogP contribution in [0.3, 0.4) is 0 Å². The second-order valence-electron chi connectivity index (χ2n) is 10.4. The Bertz CT molecular complexity index is 1480. The van der Waals surface area contributed by atoms with Crippen LogP contribution in [-0.2, 0) is 29.7 Å². The van der Waals surface area contributed by atoms with Crippen molar-refractivity contribution in [2.45, 2.75) is 50.7 Å². The van der Waals surface area contributed by atoms with E-state index >= 15 is 0 Å². The molecule has 5 rings (SSSR count). The van der Waals surface area contributed by atoms with Crippen molar-refractivity contribution >= 4 is 17.8 Å². The fourth-order valence-corrected chi connectivity index (χ4v) is 6.05. The first-order chi connectivity index (χ1) is 20.4. The van der Waals surface area contributed by atoms with Crippen LogP contribution in [0.1, 0.15) is 48.5 Å². The number of benzene rings is 3. The van der Waals surface area contributed by atoms with Crippen LogP contribution in [0.4, 0.5) is 4.79 Å². The number of hydrogen-bond acceptors (Lipinski definition) is 7. The molecule has 0 aliphatic carbocycles. The van der Waals surface area contributed by atoms with Crippen molar-refractivity contribution in [3.8, 4) is 11.1 Å². The summed E-state index contributed by atoms with van der Waals surface area (Å²) < 4.78 is 15.2. The number of amides is 2. The Kier molecular flexibility index (Phi) is 9.91. The second kappa shape index (κ2) is 14.0. The number of aryl methyl sites for hydroxylation is 1. The number of aromatic nitrogens is 3. The van der Waals surface area contributed by atoms with Gasteiger partial charge in [-0.3, -0.25) is 0 Å². The summed E-state index contributed by atoms with van der Waals surface area (Å²) in [6.45, 7) is 5.06. The van der Waals surface area contributed by atoms with Crippen molar-refractivity contribution in [2.75, 3.05) is 12.3 Å². The number of nitrogens with one attached hydrogen (secondary N) is 2. The lowest BCUT2D eigenvalue weighted by atomic mass is 9.91. The van der Waals surface area contributed by atoms with E-state index in [2.05, 4.69) is 52.0 Å². The Hall–Kier alpha value is -3.70. The third-order valence-corrected chi connectivity index (χ3v) is 8.50. The summed E-state index contributed by atoms with van der Waals surface area (Å²) in [4.78, 5) is 11.9. The molecule has 3 N–H and O–H groups in total. The van der Waals surface area contributed by atoms with Crippen LogP contribution < -0.4 is 10.6 Å². The van der Waals surface area contributed by atoms with E-state index in [-0.39, 0.29) is 30.8 Å². The Morgan fingerprint density at radius 2 is 1.74 bits per heavy atom. The lowest BCUT2D eigenvalue weighted by Crippen LogP contribution is -2.38. The fraction of sp³-hybridized carbons (Fsp3) is 0.344. The lowest BCUT2D eigenvalue weighted by Gasteiger charge is -2.41. The van der Waals surface area contributed by atoms with Gasteiger partial charge in [-0.2, -0.15) is 0 Å². The number of carbonyl (C=O) groups excluding carboxylic acids is 1. The molecule has 1 fully saturated rings. The molecule has 0 spiro atoms. The number of aliphatic hydroxyl groups excluding tert-OH is 1. The molecule has 220 valence electrons. The quantitative estimate of drug-likeness (QED) is 0.214. The van der Waals surface area contributed by atoms with Gasteiger partial charge in [0, 0.05) is 37.4 Å². The first-order valence-electron chi connectivity index (χ1n) is 14.1. The standard InChI is InChI=1S/C32H37N5O4S/c1-4-33-31(39)34-17-23-7-5-8-25(15-23)26-9-6-10-27(16-26)30-40-28(19-42-32-36-35-20-37(32)3)21(2)29(41-30)24-13-11-22(18-38)12-14-24/h5-16,20-21,28-30,38H,4,17-19H2,1-3H3,(H2,33,34,39). The van der Waals surface area contributed by atoms with Gasteiger partial charge in [0.2, 0.25) is 0 Å². The molecular weight excluding hydrogens is 550 g/mol. The fourth-order valence-electron chi connectivity index (χ4n) is 5.00. The van der Waals surface area contributed by atoms with Crippen molar-refractivity contribution in [3.05, 3.63) is 101 Å². The molecule has 9 nitrogen and oxygen atoms in total. The van der Waals surface area contributed by atoms with Crippen LogP contribution in [0.15, 0.2) is 84.3 Å². The number of rotatable bonds is 10. The van der Waals surface area contributed by atoms with Gasteiger partial charge >= 0.3 is 6.03 Å². The van der Waals surface area contributed by atoms with Crippen LogP contribution in [0.2, 0.25) is 0 Å². The number of hydrogen-bond donors (Lipinski definition) is 3. The minimum absolute atomic E-state index is 0.0000499. The van der Waals surface area contributed by atoms with E-state index in [1.165, 1.54) is 0 Å². The van der Waals surface area contributed by atoms with Crippen LogP contribution >= 0.6 is 11.8 Å². The minimum Gasteiger partial charge on any atom is -0.392 e. The molecule has 4 unspecified atom stereocenters. The molecule has 1 saturated heterocycles. The third-order valence-electron chi connectivity index (χ3n) is 7.38. The molecule has 1 aromatic heterocycles. The van der Waals surface area contributed by atoms with Crippen LogP contribution in [0.5, 0.6) is 0 Å². The maximum absolute atomic E-state index is 11.9. The molecule has 1 aliphatic rings. The van der Waals surface area contributed by atoms with Crippen LogP contribution in [0.25, 0.3) is 11.1 Å². The lowest BCUT2D eigenvalue weighted by molar-refractivity contribution is -0.268. The molecule has 4 atom stereocenters. The smallest absolute Gasteiger partial charge is 0.315 e. The van der Waals surface area contributed by atoms with E-state index in [0.717, 1.165) is 38.5 Å². The van der Waals surface area contributed by atoms with Gasteiger partial charge in [-0.25, -0.2) is 4.79 Å². The summed E-state index contributed by atoms with van der Waals surface area (Å²) in [5, 5.41) is 24.2. The van der Waals surface area contributed by atoms with Crippen molar-refractivity contribution < 1.29 is 19.4 Å². The van der Waals surface area contributed by atoms with E-state index in [0.29, 0.717) is 18.8 Å². The number of aliphatic hydroxyl groups is 1. The van der Waals surface area contributed by atoms with Gasteiger partial charge in [-0.15, -0.1) is 10.2 Å². The van der Waals surface area contributed by atoms with E-state index in [1.807, 2.05) is 67.1 Å². The summed E-state index contributed by atoms with van der Waals surface area (Å²) in [6.07, 6.45) is 0.812. The van der Waals surface area contributed by atoms with Crippen molar-refractivity contribution in [1.82, 2.24) is 25.4 Å². The molecule has 4 aromatic rings. The molecule has 10 heteroatoms. The highest BCUT2D eigenvalue weighted by Crippen LogP contribution is 2.43. The van der Waals surface area contributed by atoms with Gasteiger partial charge < -0.3 is 29.8 Å². The highest BCUT2D eigenvalue weighted by Gasteiger charge is 2.38. The molecular formula is C32H37N5O4S. The zero-order chi connectivity index (χ0) is 29.5. The van der Waals surface area contributed by atoms with E-state index in [1.54, 1.807) is 18.1 Å². The van der Waals surface area contributed by atoms with Gasteiger partial charge in [0.1, 0.15) is 6.33 Å². The molecule has 1 aliphatic heterocycles. The Morgan fingerprint density at radius 1 is 0.976 bits per heavy atom. The number of carbonyl (C=O) groups is 1. The monoisotopic (exact) mass is 587 g/mol.